The van der Waals surface area contributed by atoms with Crippen LogP contribution in [0.2, 0.25) is 0 Å². The third-order valence-corrected chi connectivity index (χ3v) is 5.08. The van der Waals surface area contributed by atoms with Crippen LogP contribution in [0.25, 0.3) is 5.69 Å². The van der Waals surface area contributed by atoms with Crippen LogP contribution in [0.5, 0.6) is 5.75 Å². The number of nitrogens with zero attached hydrogens (tertiary/aromatic N) is 2. The topological polar surface area (TPSA) is 91.6 Å². The highest BCUT2D eigenvalue weighted by molar-refractivity contribution is 5.95. The summed E-state index contributed by atoms with van der Waals surface area (Å²) in [4.78, 5) is 37.5. The Balaban J connectivity index is 1.58. The lowest BCUT2D eigenvalue weighted by Crippen LogP contribution is -2.32. The first-order valence-corrected chi connectivity index (χ1v) is 10.3. The van der Waals surface area contributed by atoms with Gasteiger partial charge in [-0.05, 0) is 45.0 Å². The Morgan fingerprint density at radius 1 is 1.03 bits per heavy atom. The summed E-state index contributed by atoms with van der Waals surface area (Å²) in [7, 11) is 1.73. The van der Waals surface area contributed by atoms with Gasteiger partial charge in [-0.3, -0.25) is 19.1 Å². The number of esters is 1. The van der Waals surface area contributed by atoms with Crippen molar-refractivity contribution in [3.63, 3.8) is 0 Å². The Morgan fingerprint density at radius 2 is 1.69 bits per heavy atom. The van der Waals surface area contributed by atoms with Crippen molar-refractivity contribution in [3.05, 3.63) is 76.2 Å². The van der Waals surface area contributed by atoms with Gasteiger partial charge in [0.15, 0.2) is 6.10 Å². The monoisotopic (exact) mass is 437 g/mol. The SMILES string of the molecule is Cc1ccc(OCCC(=O)O[C@@H](C)C(=O)Nc2c(C)n(C)n(-c3ccccc3)c2=O)cc1. The molecule has 0 radical (unpaired) electrons. The van der Waals surface area contributed by atoms with Gasteiger partial charge < -0.3 is 14.8 Å². The fourth-order valence-electron chi connectivity index (χ4n) is 3.13. The highest BCUT2D eigenvalue weighted by Crippen LogP contribution is 2.15. The minimum Gasteiger partial charge on any atom is -0.493 e. The van der Waals surface area contributed by atoms with Crippen molar-refractivity contribution in [1.29, 1.82) is 0 Å². The smallest absolute Gasteiger partial charge is 0.310 e. The minimum atomic E-state index is -1.06. The van der Waals surface area contributed by atoms with Gasteiger partial charge in [0.05, 0.1) is 24.4 Å². The molecule has 0 aliphatic rings. The number of rotatable bonds is 8. The number of para-hydroxylation sites is 1. The number of amides is 1. The number of aromatic nitrogens is 2. The van der Waals surface area contributed by atoms with Crippen molar-refractivity contribution >= 4 is 17.6 Å². The molecule has 0 spiro atoms. The normalized spacial score (nSPS) is 11.6. The summed E-state index contributed by atoms with van der Waals surface area (Å²) in [5.74, 6) is -0.488. The van der Waals surface area contributed by atoms with Crippen LogP contribution in [0, 0.1) is 13.8 Å². The van der Waals surface area contributed by atoms with Crippen LogP contribution in [0.4, 0.5) is 5.69 Å². The third-order valence-electron chi connectivity index (χ3n) is 5.08. The predicted octanol–water partition coefficient (Wildman–Crippen LogP) is 3.13. The maximum Gasteiger partial charge on any atom is 0.310 e. The van der Waals surface area contributed by atoms with E-state index < -0.39 is 18.0 Å². The van der Waals surface area contributed by atoms with Gasteiger partial charge in [-0.15, -0.1) is 0 Å². The molecule has 8 nitrogen and oxygen atoms in total. The molecular weight excluding hydrogens is 410 g/mol. The number of hydrogen-bond acceptors (Lipinski definition) is 5. The molecule has 3 aromatic rings. The second-order valence-corrected chi connectivity index (χ2v) is 7.47. The summed E-state index contributed by atoms with van der Waals surface area (Å²) in [6.45, 7) is 5.30. The molecule has 1 amide bonds. The lowest BCUT2D eigenvalue weighted by atomic mass is 10.2. The number of hydrogen-bond donors (Lipinski definition) is 1. The van der Waals surface area contributed by atoms with Crippen LogP contribution in [-0.4, -0.2) is 34.0 Å². The summed E-state index contributed by atoms with van der Waals surface area (Å²) < 4.78 is 13.8. The molecule has 0 bridgehead atoms. The molecule has 0 saturated carbocycles. The molecule has 1 N–H and O–H groups in total. The van der Waals surface area contributed by atoms with Gasteiger partial charge in [0.1, 0.15) is 11.4 Å². The van der Waals surface area contributed by atoms with Crippen molar-refractivity contribution in [3.8, 4) is 11.4 Å². The van der Waals surface area contributed by atoms with Crippen molar-refractivity contribution in [2.24, 2.45) is 7.05 Å². The summed E-state index contributed by atoms with van der Waals surface area (Å²) in [5.41, 5.74) is 2.15. The van der Waals surface area contributed by atoms with Gasteiger partial charge in [0, 0.05) is 7.05 Å². The Labute approximate surface area is 186 Å². The number of nitrogens with one attached hydrogen (secondary N) is 1. The second kappa shape index (κ2) is 10.00. The Bertz CT molecular complexity index is 1150. The fraction of sp³-hybridized carbons (Fsp3) is 0.292. The van der Waals surface area contributed by atoms with Crippen LogP contribution in [0.15, 0.2) is 59.4 Å². The molecule has 0 unspecified atom stereocenters. The molecule has 1 aromatic heterocycles. The zero-order valence-corrected chi connectivity index (χ0v) is 18.6. The zero-order chi connectivity index (χ0) is 23.3. The summed E-state index contributed by atoms with van der Waals surface area (Å²) in [6.07, 6.45) is -1.07. The van der Waals surface area contributed by atoms with E-state index in [-0.39, 0.29) is 24.3 Å². The van der Waals surface area contributed by atoms with Crippen molar-refractivity contribution < 1.29 is 19.1 Å². The standard InChI is InChI=1S/C24H27N3O5/c1-16-10-12-20(13-11-16)31-15-14-21(28)32-18(3)23(29)25-22-17(2)26(4)27(24(22)30)19-8-6-5-7-9-19/h5-13,18H,14-15H2,1-4H3,(H,25,29)/t18-/m0/s1. The van der Waals surface area contributed by atoms with Gasteiger partial charge in [0.25, 0.3) is 11.5 Å². The van der Waals surface area contributed by atoms with Crippen molar-refractivity contribution in [2.75, 3.05) is 11.9 Å². The van der Waals surface area contributed by atoms with Crippen LogP contribution in [0.3, 0.4) is 0 Å². The molecule has 168 valence electrons. The van der Waals surface area contributed by atoms with Gasteiger partial charge in [-0.1, -0.05) is 35.9 Å². The molecule has 0 fully saturated rings. The predicted molar refractivity (Wildman–Crippen MR) is 121 cm³/mol. The van der Waals surface area contributed by atoms with E-state index >= 15 is 0 Å². The lowest BCUT2D eigenvalue weighted by molar-refractivity contribution is -0.153. The molecule has 3 rings (SSSR count). The number of ether oxygens (including phenoxy) is 2. The lowest BCUT2D eigenvalue weighted by Gasteiger charge is -2.13. The van der Waals surface area contributed by atoms with E-state index in [0.29, 0.717) is 17.1 Å². The summed E-state index contributed by atoms with van der Waals surface area (Å²) >= 11 is 0. The molecule has 1 heterocycles. The van der Waals surface area contributed by atoms with Gasteiger partial charge >= 0.3 is 5.97 Å². The number of aryl methyl sites for hydroxylation is 1. The highest BCUT2D eigenvalue weighted by atomic mass is 16.5. The van der Waals surface area contributed by atoms with Crippen LogP contribution in [-0.2, 0) is 21.4 Å². The maximum atomic E-state index is 12.9. The minimum absolute atomic E-state index is 0.00330. The molecule has 1 atom stereocenters. The van der Waals surface area contributed by atoms with E-state index in [1.165, 1.54) is 11.6 Å². The van der Waals surface area contributed by atoms with Crippen molar-refractivity contribution in [2.45, 2.75) is 33.3 Å². The average Bonchev–Trinajstić information content (AvgIpc) is 2.98. The van der Waals surface area contributed by atoms with Gasteiger partial charge in [-0.2, -0.15) is 0 Å². The van der Waals surface area contributed by atoms with E-state index in [4.69, 9.17) is 9.47 Å². The molecule has 32 heavy (non-hydrogen) atoms. The third kappa shape index (κ3) is 5.26. The van der Waals surface area contributed by atoms with Gasteiger partial charge in [0.2, 0.25) is 0 Å². The maximum absolute atomic E-state index is 12.9. The summed E-state index contributed by atoms with van der Waals surface area (Å²) in [5, 5.41) is 2.60. The fourth-order valence-corrected chi connectivity index (χ4v) is 3.13. The molecule has 8 heteroatoms. The van der Waals surface area contributed by atoms with Crippen LogP contribution < -0.4 is 15.6 Å². The van der Waals surface area contributed by atoms with E-state index in [9.17, 15) is 14.4 Å². The quantitative estimate of drug-likeness (QED) is 0.547. The Hall–Kier alpha value is -3.81. The Kier molecular flexibility index (Phi) is 7.14. The van der Waals surface area contributed by atoms with E-state index in [1.807, 2.05) is 49.4 Å². The van der Waals surface area contributed by atoms with Gasteiger partial charge in [-0.25, -0.2) is 4.68 Å². The second-order valence-electron chi connectivity index (χ2n) is 7.47. The highest BCUT2D eigenvalue weighted by Gasteiger charge is 2.23. The summed E-state index contributed by atoms with van der Waals surface area (Å²) in [6, 6.07) is 16.6. The average molecular weight is 437 g/mol. The Morgan fingerprint density at radius 3 is 2.34 bits per heavy atom. The molecule has 0 aliphatic carbocycles. The molecular formula is C24H27N3O5. The number of carbonyl (C=O) groups excluding carboxylic acids is 2. The van der Waals surface area contributed by atoms with E-state index in [1.54, 1.807) is 30.8 Å². The van der Waals surface area contributed by atoms with Crippen LogP contribution >= 0.6 is 0 Å². The first kappa shape index (κ1) is 22.9. The van der Waals surface area contributed by atoms with Crippen molar-refractivity contribution in [1.82, 2.24) is 9.36 Å². The number of carbonyl (C=O) groups is 2. The van der Waals surface area contributed by atoms with Crippen LogP contribution in [0.1, 0.15) is 24.6 Å². The molecule has 2 aromatic carbocycles. The molecule has 0 aliphatic heterocycles. The first-order valence-electron chi connectivity index (χ1n) is 10.3. The zero-order valence-electron chi connectivity index (χ0n) is 18.6. The first-order chi connectivity index (χ1) is 15.3. The largest absolute Gasteiger partial charge is 0.493 e. The van der Waals surface area contributed by atoms with E-state index in [0.717, 1.165) is 5.56 Å². The number of benzene rings is 2. The van der Waals surface area contributed by atoms with E-state index in [2.05, 4.69) is 5.32 Å². The molecule has 0 saturated heterocycles. The number of anilines is 1.